The van der Waals surface area contributed by atoms with E-state index in [1.165, 1.54) is 128 Å². The molecule has 0 unspecified atom stereocenters. The molecular formula is C53H74O4. The fourth-order valence-electron chi connectivity index (χ4n) is 8.22. The van der Waals surface area contributed by atoms with Gasteiger partial charge in [-0.1, -0.05) is 184 Å². The normalized spacial score (nSPS) is 12.4. The van der Waals surface area contributed by atoms with E-state index in [0.29, 0.717) is 0 Å². The molecule has 0 amide bonds. The molecule has 0 radical (unpaired) electrons. The Hall–Kier alpha value is -3.92. The summed E-state index contributed by atoms with van der Waals surface area (Å²) >= 11 is 0. The van der Waals surface area contributed by atoms with Crippen molar-refractivity contribution in [3.8, 4) is 23.0 Å². The van der Waals surface area contributed by atoms with Gasteiger partial charge < -0.3 is 18.9 Å². The molecule has 0 fully saturated rings. The number of hydrogen-bond acceptors (Lipinski definition) is 4. The van der Waals surface area contributed by atoms with Gasteiger partial charge in [0.25, 0.3) is 0 Å². The molecule has 57 heavy (non-hydrogen) atoms. The minimum atomic E-state index is 0.724. The number of hydrogen-bond donors (Lipinski definition) is 0. The van der Waals surface area contributed by atoms with Crippen molar-refractivity contribution >= 4 is 0 Å². The van der Waals surface area contributed by atoms with Gasteiger partial charge in [-0.15, -0.1) is 0 Å². The fourth-order valence-corrected chi connectivity index (χ4v) is 8.22. The molecule has 0 saturated carbocycles. The van der Waals surface area contributed by atoms with Crippen LogP contribution in [-0.2, 0) is 25.7 Å². The van der Waals surface area contributed by atoms with Crippen LogP contribution >= 0.6 is 0 Å². The summed E-state index contributed by atoms with van der Waals surface area (Å²) in [5.41, 5.74) is 9.75. The summed E-state index contributed by atoms with van der Waals surface area (Å²) in [5, 5.41) is 0. The predicted octanol–water partition coefficient (Wildman–Crippen LogP) is 14.6. The highest BCUT2D eigenvalue weighted by Crippen LogP contribution is 2.39. The second kappa shape index (κ2) is 25.4. The van der Waals surface area contributed by atoms with Gasteiger partial charge in [0, 0.05) is 25.7 Å². The van der Waals surface area contributed by atoms with Crippen molar-refractivity contribution < 1.29 is 18.9 Å². The van der Waals surface area contributed by atoms with Crippen LogP contribution in [0.25, 0.3) is 0 Å². The van der Waals surface area contributed by atoms with Gasteiger partial charge in [0.1, 0.15) is 23.0 Å². The molecule has 5 rings (SSSR count). The van der Waals surface area contributed by atoms with Gasteiger partial charge in [-0.3, -0.25) is 0 Å². The number of rotatable bonds is 25. The summed E-state index contributed by atoms with van der Waals surface area (Å²) in [6.07, 6.45) is 23.2. The van der Waals surface area contributed by atoms with E-state index in [0.717, 1.165) is 101 Å². The maximum absolute atomic E-state index is 6.88. The molecule has 1 aliphatic carbocycles. The highest BCUT2D eigenvalue weighted by Gasteiger charge is 2.22. The first kappa shape index (κ1) is 44.2. The lowest BCUT2D eigenvalue weighted by Gasteiger charge is -2.23. The van der Waals surface area contributed by atoms with Crippen LogP contribution in [0, 0.1) is 0 Å². The third kappa shape index (κ3) is 13.9. The van der Waals surface area contributed by atoms with E-state index in [1.807, 2.05) is 0 Å². The Morgan fingerprint density at radius 2 is 0.474 bits per heavy atom. The van der Waals surface area contributed by atoms with E-state index in [-0.39, 0.29) is 0 Å². The Morgan fingerprint density at radius 1 is 0.281 bits per heavy atom. The van der Waals surface area contributed by atoms with E-state index in [9.17, 15) is 0 Å². The van der Waals surface area contributed by atoms with Crippen LogP contribution in [0.5, 0.6) is 23.0 Å². The van der Waals surface area contributed by atoms with Crippen LogP contribution in [-0.4, -0.2) is 26.4 Å². The topological polar surface area (TPSA) is 36.9 Å². The number of para-hydroxylation sites is 4. The third-order valence-electron chi connectivity index (χ3n) is 11.5. The Balaban J connectivity index is 1.61. The zero-order valence-electron chi connectivity index (χ0n) is 36.2. The summed E-state index contributed by atoms with van der Waals surface area (Å²) < 4.78 is 27.5. The smallest absolute Gasteiger partial charge is 0.126 e. The van der Waals surface area contributed by atoms with Crippen LogP contribution in [0.15, 0.2) is 72.8 Å². The Morgan fingerprint density at radius 3 is 0.684 bits per heavy atom. The monoisotopic (exact) mass is 775 g/mol. The lowest BCUT2D eigenvalue weighted by atomic mass is 9.91. The summed E-state index contributed by atoms with van der Waals surface area (Å²) in [7, 11) is 0. The second-order valence-corrected chi connectivity index (χ2v) is 16.3. The Kier molecular flexibility index (Phi) is 19.7. The number of ether oxygens (including phenoxy) is 4. The van der Waals surface area contributed by atoms with Gasteiger partial charge in [-0.2, -0.15) is 0 Å². The van der Waals surface area contributed by atoms with Gasteiger partial charge in [0.05, 0.1) is 26.4 Å². The number of benzene rings is 4. The van der Waals surface area contributed by atoms with Gasteiger partial charge in [0.2, 0.25) is 0 Å². The zero-order valence-corrected chi connectivity index (χ0v) is 36.2. The molecule has 0 heterocycles. The van der Waals surface area contributed by atoms with Crippen molar-refractivity contribution in [3.05, 3.63) is 117 Å². The Labute approximate surface area is 347 Å². The largest absolute Gasteiger partial charge is 0.493 e. The fraction of sp³-hybridized carbons (Fsp3) is 0.547. The molecule has 1 aliphatic rings. The molecule has 0 aliphatic heterocycles. The molecule has 8 bridgehead atoms. The number of fused-ring (bicyclic) bond motifs is 8. The number of unbranched alkanes of at least 4 members (excludes halogenated alkanes) is 13. The van der Waals surface area contributed by atoms with Gasteiger partial charge >= 0.3 is 0 Å². The average Bonchev–Trinajstić information content (AvgIpc) is 3.21. The van der Waals surface area contributed by atoms with Crippen LogP contribution < -0.4 is 18.9 Å². The van der Waals surface area contributed by atoms with Crippen LogP contribution in [0.3, 0.4) is 0 Å². The lowest BCUT2D eigenvalue weighted by molar-refractivity contribution is 0.293. The lowest BCUT2D eigenvalue weighted by Crippen LogP contribution is -2.10. The first-order valence-corrected chi connectivity index (χ1v) is 23.1. The molecule has 4 heteroatoms. The predicted molar refractivity (Wildman–Crippen MR) is 240 cm³/mol. The second-order valence-electron chi connectivity index (χ2n) is 16.3. The van der Waals surface area contributed by atoms with Crippen molar-refractivity contribution in [1.82, 2.24) is 0 Å². The maximum Gasteiger partial charge on any atom is 0.126 e. The highest BCUT2D eigenvalue weighted by molar-refractivity contribution is 5.56. The van der Waals surface area contributed by atoms with E-state index in [1.54, 1.807) is 0 Å². The van der Waals surface area contributed by atoms with E-state index in [4.69, 9.17) is 18.9 Å². The molecule has 4 nitrogen and oxygen atoms in total. The first-order valence-electron chi connectivity index (χ1n) is 23.1. The van der Waals surface area contributed by atoms with Gasteiger partial charge in [-0.05, 0) is 70.2 Å². The molecular weight excluding hydrogens is 701 g/mol. The van der Waals surface area contributed by atoms with Crippen LogP contribution in [0.4, 0.5) is 0 Å². The highest BCUT2D eigenvalue weighted by atomic mass is 16.5. The minimum absolute atomic E-state index is 0.724. The van der Waals surface area contributed by atoms with E-state index >= 15 is 0 Å². The molecule has 4 aromatic carbocycles. The van der Waals surface area contributed by atoms with Crippen molar-refractivity contribution in [1.29, 1.82) is 0 Å². The Bertz CT molecular complexity index is 1640. The van der Waals surface area contributed by atoms with Crippen molar-refractivity contribution in [3.63, 3.8) is 0 Å². The summed E-state index contributed by atoms with van der Waals surface area (Å²) in [6, 6.07) is 27.0. The molecule has 0 N–H and O–H groups in total. The molecule has 0 spiro atoms. The summed E-state index contributed by atoms with van der Waals surface area (Å²) in [4.78, 5) is 0. The summed E-state index contributed by atoms with van der Waals surface area (Å²) in [6.45, 7) is 12.0. The van der Waals surface area contributed by atoms with Crippen LogP contribution in [0.1, 0.15) is 181 Å². The standard InChI is InChI=1S/C53H74O4/c1-5-9-13-17-21-37-57-53-48-32-25-33-49(53)41-47-31-24-29-45(52(47)56-36-20-16-12-8-4)39-43-27-22-26-42(50(43)54-34-18-14-10-6-2)38-44-28-23-30-46(40-48)51(44)55-35-19-15-11-7-3/h22-33H,5-21,34-41H2,1-4H3. The minimum Gasteiger partial charge on any atom is -0.493 e. The molecule has 0 aromatic heterocycles. The maximum atomic E-state index is 6.88. The quantitative estimate of drug-likeness (QED) is 0.0554. The van der Waals surface area contributed by atoms with Gasteiger partial charge in [0.15, 0.2) is 0 Å². The average molecular weight is 775 g/mol. The van der Waals surface area contributed by atoms with Gasteiger partial charge in [-0.25, -0.2) is 0 Å². The van der Waals surface area contributed by atoms with Crippen molar-refractivity contribution in [2.45, 2.75) is 163 Å². The summed E-state index contributed by atoms with van der Waals surface area (Å²) in [5.74, 6) is 4.11. The van der Waals surface area contributed by atoms with Crippen molar-refractivity contribution in [2.75, 3.05) is 26.4 Å². The molecule has 0 saturated heterocycles. The van der Waals surface area contributed by atoms with Crippen LogP contribution in [0.2, 0.25) is 0 Å². The first-order chi connectivity index (χ1) is 28.2. The molecule has 4 aromatic rings. The SMILES string of the molecule is CCCCCCCOc1c2cccc1Cc1cccc(c1OCCCCCC)Cc1cccc(c1OCCCCCC)Cc1cccc(c1OCCCCCC)C2. The zero-order chi connectivity index (χ0) is 39.9. The van der Waals surface area contributed by atoms with Crippen molar-refractivity contribution in [2.24, 2.45) is 0 Å². The molecule has 0 atom stereocenters. The molecule has 310 valence electrons. The van der Waals surface area contributed by atoms with E-state index in [2.05, 4.69) is 100 Å². The van der Waals surface area contributed by atoms with E-state index < -0.39 is 0 Å². The third-order valence-corrected chi connectivity index (χ3v) is 11.5.